The summed E-state index contributed by atoms with van der Waals surface area (Å²) in [6.45, 7) is 3.32. The molecule has 2 rings (SSSR count). The van der Waals surface area contributed by atoms with Gasteiger partial charge in [-0.2, -0.15) is 0 Å². The van der Waals surface area contributed by atoms with Crippen molar-refractivity contribution in [2.75, 3.05) is 27.3 Å². The molecular weight excluding hydrogens is 401 g/mol. The van der Waals surface area contributed by atoms with Crippen LogP contribution in [0.25, 0.3) is 0 Å². The number of aliphatic hydroxyl groups is 1. The van der Waals surface area contributed by atoms with Crippen molar-refractivity contribution < 1.29 is 14.6 Å². The van der Waals surface area contributed by atoms with Crippen LogP contribution in [0.2, 0.25) is 10.0 Å². The molecule has 0 fully saturated rings. The molecule has 0 aliphatic carbocycles. The fourth-order valence-corrected chi connectivity index (χ4v) is 3.00. The Kier molecular flexibility index (Phi) is 8.70. The monoisotopic (exact) mass is 425 g/mol. The number of methoxy groups -OCH3 is 2. The average molecular weight is 426 g/mol. The summed E-state index contributed by atoms with van der Waals surface area (Å²) in [5.74, 6) is 1.76. The summed E-state index contributed by atoms with van der Waals surface area (Å²) >= 11 is 12.1. The average Bonchev–Trinajstić information content (AvgIpc) is 2.70. The number of benzene rings is 2. The third-order valence-corrected chi connectivity index (χ3v) is 4.61. The van der Waals surface area contributed by atoms with Gasteiger partial charge in [0.2, 0.25) is 0 Å². The zero-order valence-electron chi connectivity index (χ0n) is 16.1. The third kappa shape index (κ3) is 6.19. The number of halogens is 2. The largest absolute Gasteiger partial charge is 0.493 e. The molecular formula is C20H25Cl2N3O3. The Morgan fingerprint density at radius 1 is 1.07 bits per heavy atom. The van der Waals surface area contributed by atoms with Crippen molar-refractivity contribution >= 4 is 29.2 Å². The molecule has 8 heteroatoms. The highest BCUT2D eigenvalue weighted by Crippen LogP contribution is 2.29. The second-order valence-corrected chi connectivity index (χ2v) is 6.79. The Morgan fingerprint density at radius 2 is 1.82 bits per heavy atom. The number of guanidine groups is 1. The molecule has 0 aliphatic rings. The fourth-order valence-electron chi connectivity index (χ4n) is 2.53. The van der Waals surface area contributed by atoms with Crippen LogP contribution in [0.1, 0.15) is 24.2 Å². The summed E-state index contributed by atoms with van der Waals surface area (Å²) in [7, 11) is 3.13. The molecule has 0 radical (unpaired) electrons. The lowest BCUT2D eigenvalue weighted by molar-refractivity contribution is 0.180. The molecule has 0 bridgehead atoms. The molecule has 28 heavy (non-hydrogen) atoms. The van der Waals surface area contributed by atoms with Gasteiger partial charge < -0.3 is 25.2 Å². The van der Waals surface area contributed by atoms with E-state index in [0.717, 1.165) is 5.56 Å². The van der Waals surface area contributed by atoms with E-state index in [9.17, 15) is 5.11 Å². The molecule has 0 saturated carbocycles. The van der Waals surface area contributed by atoms with Crippen LogP contribution in [0, 0.1) is 0 Å². The second kappa shape index (κ2) is 11.0. The minimum atomic E-state index is -0.747. The van der Waals surface area contributed by atoms with Crippen molar-refractivity contribution in [2.45, 2.75) is 19.6 Å². The predicted octanol–water partition coefficient (Wildman–Crippen LogP) is 3.80. The number of rotatable bonds is 8. The highest BCUT2D eigenvalue weighted by molar-refractivity contribution is 6.35. The molecule has 0 saturated heterocycles. The van der Waals surface area contributed by atoms with Gasteiger partial charge in [0.1, 0.15) is 0 Å². The van der Waals surface area contributed by atoms with Crippen molar-refractivity contribution in [1.29, 1.82) is 0 Å². The highest BCUT2D eigenvalue weighted by Gasteiger charge is 2.12. The molecule has 0 aliphatic heterocycles. The summed E-state index contributed by atoms with van der Waals surface area (Å²) < 4.78 is 10.5. The summed E-state index contributed by atoms with van der Waals surface area (Å²) in [6.07, 6.45) is -0.747. The minimum Gasteiger partial charge on any atom is -0.493 e. The van der Waals surface area contributed by atoms with Gasteiger partial charge in [0.05, 0.1) is 26.9 Å². The number of hydrogen-bond donors (Lipinski definition) is 3. The molecule has 2 aromatic rings. The summed E-state index contributed by atoms with van der Waals surface area (Å²) in [5.41, 5.74) is 1.57. The van der Waals surface area contributed by atoms with E-state index < -0.39 is 6.10 Å². The Labute approximate surface area is 175 Å². The first-order valence-electron chi connectivity index (χ1n) is 8.84. The van der Waals surface area contributed by atoms with Gasteiger partial charge in [-0.3, -0.25) is 0 Å². The molecule has 2 aromatic carbocycles. The van der Waals surface area contributed by atoms with Gasteiger partial charge in [-0.15, -0.1) is 0 Å². The smallest absolute Gasteiger partial charge is 0.191 e. The normalized spacial score (nSPS) is 12.4. The van der Waals surface area contributed by atoms with E-state index in [2.05, 4.69) is 15.6 Å². The van der Waals surface area contributed by atoms with Crippen molar-refractivity contribution in [1.82, 2.24) is 10.6 Å². The lowest BCUT2D eigenvalue weighted by Gasteiger charge is -2.17. The number of aliphatic imine (C=N–C) groups is 1. The Morgan fingerprint density at radius 3 is 2.46 bits per heavy atom. The van der Waals surface area contributed by atoms with Crippen molar-refractivity contribution in [3.8, 4) is 11.5 Å². The van der Waals surface area contributed by atoms with E-state index in [4.69, 9.17) is 32.7 Å². The first-order valence-corrected chi connectivity index (χ1v) is 9.60. The van der Waals surface area contributed by atoms with Crippen LogP contribution in [0.3, 0.4) is 0 Å². The molecule has 6 nitrogen and oxygen atoms in total. The van der Waals surface area contributed by atoms with E-state index in [1.54, 1.807) is 44.6 Å². The molecule has 1 atom stereocenters. The zero-order chi connectivity index (χ0) is 20.5. The zero-order valence-corrected chi connectivity index (χ0v) is 17.6. The van der Waals surface area contributed by atoms with Crippen molar-refractivity contribution in [3.63, 3.8) is 0 Å². The Hall–Kier alpha value is -2.15. The van der Waals surface area contributed by atoms with Gasteiger partial charge in [0.15, 0.2) is 17.5 Å². The predicted molar refractivity (Wildman–Crippen MR) is 114 cm³/mol. The maximum atomic E-state index is 10.5. The SMILES string of the molecule is CCNC(=NCc1ccc(Cl)cc1Cl)NCC(O)c1ccc(OC)c(OC)c1. The summed E-state index contributed by atoms with van der Waals surface area (Å²) in [5, 5.41) is 17.9. The van der Waals surface area contributed by atoms with Crippen LogP contribution in [-0.2, 0) is 6.54 Å². The van der Waals surface area contributed by atoms with E-state index >= 15 is 0 Å². The van der Waals surface area contributed by atoms with E-state index in [0.29, 0.717) is 46.2 Å². The van der Waals surface area contributed by atoms with Gasteiger partial charge in [0.25, 0.3) is 0 Å². The van der Waals surface area contributed by atoms with Crippen LogP contribution in [-0.4, -0.2) is 38.4 Å². The molecule has 0 heterocycles. The number of hydrogen-bond acceptors (Lipinski definition) is 4. The molecule has 152 valence electrons. The van der Waals surface area contributed by atoms with Crippen LogP contribution in [0.15, 0.2) is 41.4 Å². The standard InChI is InChI=1S/C20H25Cl2N3O3/c1-4-23-20(24-11-14-5-7-15(21)10-16(14)22)25-12-17(26)13-6-8-18(27-2)19(9-13)28-3/h5-10,17,26H,4,11-12H2,1-3H3,(H2,23,24,25). The van der Waals surface area contributed by atoms with E-state index in [-0.39, 0.29) is 6.54 Å². The first-order chi connectivity index (χ1) is 13.5. The van der Waals surface area contributed by atoms with Crippen molar-refractivity contribution in [3.05, 3.63) is 57.6 Å². The van der Waals surface area contributed by atoms with Gasteiger partial charge in [-0.25, -0.2) is 4.99 Å². The van der Waals surface area contributed by atoms with Crippen molar-refractivity contribution in [2.24, 2.45) is 4.99 Å². The summed E-state index contributed by atoms with van der Waals surface area (Å²) in [4.78, 5) is 4.51. The number of nitrogens with one attached hydrogen (secondary N) is 2. The van der Waals surface area contributed by atoms with Crippen LogP contribution < -0.4 is 20.1 Å². The highest BCUT2D eigenvalue weighted by atomic mass is 35.5. The van der Waals surface area contributed by atoms with E-state index in [1.807, 2.05) is 13.0 Å². The molecule has 0 aromatic heterocycles. The number of nitrogens with zero attached hydrogens (tertiary/aromatic N) is 1. The quantitative estimate of drug-likeness (QED) is 0.442. The lowest BCUT2D eigenvalue weighted by Crippen LogP contribution is -2.39. The second-order valence-electron chi connectivity index (χ2n) is 5.94. The molecule has 0 spiro atoms. The maximum absolute atomic E-state index is 10.5. The first kappa shape index (κ1) is 22.1. The molecule has 3 N–H and O–H groups in total. The topological polar surface area (TPSA) is 75.1 Å². The van der Waals surface area contributed by atoms with Crippen LogP contribution in [0.5, 0.6) is 11.5 Å². The third-order valence-electron chi connectivity index (χ3n) is 4.02. The molecule has 0 amide bonds. The fraction of sp³-hybridized carbons (Fsp3) is 0.350. The van der Waals surface area contributed by atoms with Crippen LogP contribution in [0.4, 0.5) is 0 Å². The van der Waals surface area contributed by atoms with E-state index in [1.165, 1.54) is 0 Å². The van der Waals surface area contributed by atoms with Gasteiger partial charge in [-0.05, 0) is 42.3 Å². The Balaban J connectivity index is 2.03. The Bertz CT molecular complexity index is 815. The van der Waals surface area contributed by atoms with Gasteiger partial charge >= 0.3 is 0 Å². The minimum absolute atomic E-state index is 0.273. The summed E-state index contributed by atoms with van der Waals surface area (Å²) in [6, 6.07) is 10.6. The number of ether oxygens (including phenoxy) is 2. The number of aliphatic hydroxyl groups excluding tert-OH is 1. The molecule has 1 unspecified atom stereocenters. The lowest BCUT2D eigenvalue weighted by atomic mass is 10.1. The van der Waals surface area contributed by atoms with Gasteiger partial charge in [0, 0.05) is 23.1 Å². The maximum Gasteiger partial charge on any atom is 0.191 e. The van der Waals surface area contributed by atoms with Crippen LogP contribution >= 0.6 is 23.2 Å². The van der Waals surface area contributed by atoms with Gasteiger partial charge in [-0.1, -0.05) is 35.3 Å².